The van der Waals surface area contributed by atoms with Crippen LogP contribution in [0.15, 0.2) is 11.8 Å². The molecule has 0 fully saturated rings. The zero-order chi connectivity index (χ0) is 13.0. The second kappa shape index (κ2) is 5.47. The van der Waals surface area contributed by atoms with Crippen LogP contribution in [0.1, 0.15) is 13.3 Å². The highest BCUT2D eigenvalue weighted by atomic mass is 16.5. The van der Waals surface area contributed by atoms with Crippen LogP contribution < -0.4 is 0 Å². The van der Waals surface area contributed by atoms with Crippen LogP contribution >= 0.6 is 0 Å². The first-order valence-corrected chi connectivity index (χ1v) is 5.12. The van der Waals surface area contributed by atoms with Gasteiger partial charge in [-0.1, -0.05) is 0 Å². The average Bonchev–Trinajstić information content (AvgIpc) is 2.28. The van der Waals surface area contributed by atoms with E-state index >= 15 is 0 Å². The number of esters is 1. The number of methoxy groups -OCH3 is 1. The molecule has 0 aromatic carbocycles. The Labute approximate surface area is 98.2 Å². The van der Waals surface area contributed by atoms with Gasteiger partial charge in [0.2, 0.25) is 0 Å². The van der Waals surface area contributed by atoms with Gasteiger partial charge >= 0.3 is 11.9 Å². The number of carbonyl (C=O) groups excluding carboxylic acids is 2. The first kappa shape index (κ1) is 13.2. The molecular formula is C11H14O6. The fourth-order valence-corrected chi connectivity index (χ4v) is 1.85. The van der Waals surface area contributed by atoms with Crippen molar-refractivity contribution in [2.75, 3.05) is 7.11 Å². The molecule has 6 heteroatoms. The van der Waals surface area contributed by atoms with E-state index in [1.165, 1.54) is 13.4 Å². The number of carbonyl (C=O) groups is 3. The fourth-order valence-electron chi connectivity index (χ4n) is 1.85. The van der Waals surface area contributed by atoms with E-state index in [9.17, 15) is 14.4 Å². The Bertz CT molecular complexity index is 359. The van der Waals surface area contributed by atoms with Crippen molar-refractivity contribution in [3.63, 3.8) is 0 Å². The van der Waals surface area contributed by atoms with Gasteiger partial charge in [-0.25, -0.2) is 4.79 Å². The van der Waals surface area contributed by atoms with Crippen LogP contribution in [0, 0.1) is 11.8 Å². The van der Waals surface area contributed by atoms with Gasteiger partial charge in [0.1, 0.15) is 12.4 Å². The first-order valence-electron chi connectivity index (χ1n) is 5.12. The molecule has 0 aliphatic carbocycles. The molecule has 3 atom stereocenters. The summed E-state index contributed by atoms with van der Waals surface area (Å²) in [6.07, 6.45) is 1.04. The second-order valence-corrected chi connectivity index (χ2v) is 3.82. The predicted octanol–water partition coefficient (Wildman–Crippen LogP) is 0.368. The van der Waals surface area contributed by atoms with Crippen molar-refractivity contribution in [3.05, 3.63) is 11.8 Å². The summed E-state index contributed by atoms with van der Waals surface area (Å²) < 4.78 is 9.68. The number of aliphatic carboxylic acids is 1. The normalized spacial score (nSPS) is 27.6. The van der Waals surface area contributed by atoms with Crippen molar-refractivity contribution in [1.29, 1.82) is 0 Å². The third-order valence-electron chi connectivity index (χ3n) is 2.79. The van der Waals surface area contributed by atoms with Crippen molar-refractivity contribution in [3.8, 4) is 0 Å². The largest absolute Gasteiger partial charge is 0.497 e. The molecule has 94 valence electrons. The summed E-state index contributed by atoms with van der Waals surface area (Å²) in [7, 11) is 1.19. The van der Waals surface area contributed by atoms with Gasteiger partial charge in [-0.05, 0) is 6.92 Å². The van der Waals surface area contributed by atoms with E-state index in [0.29, 0.717) is 6.29 Å². The Morgan fingerprint density at radius 1 is 1.59 bits per heavy atom. The van der Waals surface area contributed by atoms with Gasteiger partial charge < -0.3 is 19.4 Å². The average molecular weight is 242 g/mol. The molecule has 0 saturated carbocycles. The Morgan fingerprint density at radius 2 is 2.24 bits per heavy atom. The van der Waals surface area contributed by atoms with Crippen LogP contribution in [-0.2, 0) is 23.9 Å². The number of aldehydes is 1. The van der Waals surface area contributed by atoms with Crippen molar-refractivity contribution >= 4 is 18.2 Å². The molecule has 1 aliphatic heterocycles. The molecular weight excluding hydrogens is 228 g/mol. The van der Waals surface area contributed by atoms with E-state index in [2.05, 4.69) is 4.74 Å². The lowest BCUT2D eigenvalue weighted by Gasteiger charge is -2.31. The van der Waals surface area contributed by atoms with Crippen LogP contribution in [0.5, 0.6) is 0 Å². The molecule has 1 rings (SSSR count). The zero-order valence-corrected chi connectivity index (χ0v) is 9.58. The number of hydrogen-bond acceptors (Lipinski definition) is 5. The van der Waals surface area contributed by atoms with Gasteiger partial charge in [0.05, 0.1) is 31.3 Å². The smallest absolute Gasteiger partial charge is 0.337 e. The number of rotatable bonds is 4. The van der Waals surface area contributed by atoms with E-state index in [4.69, 9.17) is 9.84 Å². The van der Waals surface area contributed by atoms with Gasteiger partial charge in [0, 0.05) is 5.92 Å². The van der Waals surface area contributed by atoms with Crippen LogP contribution in [0.25, 0.3) is 0 Å². The highest BCUT2D eigenvalue weighted by molar-refractivity contribution is 5.90. The monoisotopic (exact) mass is 242 g/mol. The summed E-state index contributed by atoms with van der Waals surface area (Å²) in [5, 5.41) is 8.80. The molecule has 0 aromatic heterocycles. The molecule has 0 unspecified atom stereocenters. The lowest BCUT2D eigenvalue weighted by molar-refractivity contribution is -0.141. The maximum Gasteiger partial charge on any atom is 0.337 e. The minimum Gasteiger partial charge on any atom is -0.497 e. The minimum atomic E-state index is -1.08. The Kier molecular flexibility index (Phi) is 4.25. The fraction of sp³-hybridized carbons (Fsp3) is 0.545. The zero-order valence-electron chi connectivity index (χ0n) is 9.58. The van der Waals surface area contributed by atoms with Gasteiger partial charge in [-0.3, -0.25) is 4.79 Å². The summed E-state index contributed by atoms with van der Waals surface area (Å²) in [5.74, 6) is -3.12. The second-order valence-electron chi connectivity index (χ2n) is 3.82. The number of ether oxygens (including phenoxy) is 2. The molecule has 0 saturated heterocycles. The molecule has 0 spiro atoms. The van der Waals surface area contributed by atoms with E-state index in [0.717, 1.165) is 0 Å². The van der Waals surface area contributed by atoms with Crippen LogP contribution in [-0.4, -0.2) is 36.5 Å². The van der Waals surface area contributed by atoms with Crippen LogP contribution in [0.2, 0.25) is 0 Å². The molecule has 1 aliphatic rings. The molecule has 1 N–H and O–H groups in total. The van der Waals surface area contributed by atoms with Crippen molar-refractivity contribution in [2.45, 2.75) is 19.4 Å². The molecule has 0 radical (unpaired) electrons. The molecule has 0 bridgehead atoms. The van der Waals surface area contributed by atoms with Gasteiger partial charge in [-0.15, -0.1) is 0 Å². The van der Waals surface area contributed by atoms with E-state index in [1.807, 2.05) is 0 Å². The van der Waals surface area contributed by atoms with Crippen LogP contribution in [0.3, 0.4) is 0 Å². The number of carboxylic acids is 1. The number of carboxylic acid groups (broad SMARTS) is 1. The number of hydrogen-bond donors (Lipinski definition) is 1. The minimum absolute atomic E-state index is 0.0881. The van der Waals surface area contributed by atoms with E-state index < -0.39 is 29.9 Å². The first-order chi connectivity index (χ1) is 8.01. The third-order valence-corrected chi connectivity index (χ3v) is 2.79. The molecule has 0 aromatic rings. The topological polar surface area (TPSA) is 89.9 Å². The maximum atomic E-state index is 11.4. The SMILES string of the molecule is COC(=O)C1=CO[C@H](C)[C@@H](C=O)[C@@H]1CC(=O)O. The molecule has 17 heavy (non-hydrogen) atoms. The lowest BCUT2D eigenvalue weighted by Crippen LogP contribution is -2.37. The van der Waals surface area contributed by atoms with E-state index in [1.54, 1.807) is 6.92 Å². The van der Waals surface area contributed by atoms with Crippen molar-refractivity contribution in [2.24, 2.45) is 11.8 Å². The predicted molar refractivity (Wildman–Crippen MR) is 55.9 cm³/mol. The highest BCUT2D eigenvalue weighted by Crippen LogP contribution is 2.32. The van der Waals surface area contributed by atoms with Gasteiger partial charge in [-0.2, -0.15) is 0 Å². The molecule has 6 nitrogen and oxygen atoms in total. The highest BCUT2D eigenvalue weighted by Gasteiger charge is 2.38. The summed E-state index contributed by atoms with van der Waals surface area (Å²) >= 11 is 0. The molecule has 1 heterocycles. The summed E-state index contributed by atoms with van der Waals surface area (Å²) in [5.41, 5.74) is 0.0881. The Morgan fingerprint density at radius 3 is 2.71 bits per heavy atom. The standard InChI is InChI=1S/C11H14O6/c1-6-8(4-12)7(3-10(13)14)9(5-17-6)11(15)16-2/h4-8H,3H2,1-2H3,(H,13,14)/t6-,7+,8-/m1/s1. The van der Waals surface area contributed by atoms with Gasteiger partial charge in [0.15, 0.2) is 0 Å². The summed E-state index contributed by atoms with van der Waals surface area (Å²) in [6, 6.07) is 0. The molecule has 0 amide bonds. The Hall–Kier alpha value is -1.85. The van der Waals surface area contributed by atoms with Crippen molar-refractivity contribution in [1.82, 2.24) is 0 Å². The Balaban J connectivity index is 3.04. The maximum absolute atomic E-state index is 11.4. The quantitative estimate of drug-likeness (QED) is 0.565. The lowest BCUT2D eigenvalue weighted by atomic mass is 9.80. The summed E-state index contributed by atoms with van der Waals surface area (Å²) in [6.45, 7) is 1.65. The van der Waals surface area contributed by atoms with Crippen LogP contribution in [0.4, 0.5) is 0 Å². The summed E-state index contributed by atoms with van der Waals surface area (Å²) in [4.78, 5) is 33.2. The van der Waals surface area contributed by atoms with Crippen molar-refractivity contribution < 1.29 is 29.0 Å². The van der Waals surface area contributed by atoms with Gasteiger partial charge in [0.25, 0.3) is 0 Å². The van der Waals surface area contributed by atoms with E-state index in [-0.39, 0.29) is 12.0 Å². The third kappa shape index (κ3) is 2.83.